The molecule has 0 aliphatic carbocycles. The van der Waals surface area contributed by atoms with Crippen LogP contribution in [0.1, 0.15) is 37.7 Å². The number of alkyl carbamates (subject to hydrolysis) is 1. The van der Waals surface area contributed by atoms with Crippen molar-refractivity contribution in [1.29, 1.82) is 0 Å². The fourth-order valence-corrected chi connectivity index (χ4v) is 9.28. The summed E-state index contributed by atoms with van der Waals surface area (Å²) in [6.07, 6.45) is 1.02. The summed E-state index contributed by atoms with van der Waals surface area (Å²) in [5.41, 5.74) is 0.723. The number of carboxylic acids is 7. The summed E-state index contributed by atoms with van der Waals surface area (Å²) >= 11 is 0. The number of amides is 3. The largest absolute Gasteiger partial charge is 0.549 e. The number of rotatable bonds is 33. The molecule has 2 heterocycles. The van der Waals surface area contributed by atoms with Crippen LogP contribution in [0.3, 0.4) is 0 Å². The zero-order chi connectivity index (χ0) is 60.2. The van der Waals surface area contributed by atoms with Crippen LogP contribution in [0, 0.1) is 0 Å². The van der Waals surface area contributed by atoms with Gasteiger partial charge in [-0.15, -0.1) is 0 Å². The van der Waals surface area contributed by atoms with Gasteiger partial charge in [0.25, 0.3) is 0 Å². The van der Waals surface area contributed by atoms with Crippen molar-refractivity contribution in [3.05, 3.63) is 35.9 Å². The number of hydrogen-bond donors (Lipinski definition) is 4. The van der Waals surface area contributed by atoms with Crippen molar-refractivity contribution >= 4 is 59.7 Å². The van der Waals surface area contributed by atoms with Gasteiger partial charge >= 0.3 is 12.1 Å². The van der Waals surface area contributed by atoms with E-state index < -0.39 is 93.2 Å². The van der Waals surface area contributed by atoms with E-state index in [9.17, 15) is 83.7 Å². The van der Waals surface area contributed by atoms with Gasteiger partial charge in [-0.25, -0.2) is 9.59 Å². The maximum Gasteiger partial charge on any atom is 0.408 e. The van der Waals surface area contributed by atoms with E-state index in [0.29, 0.717) is 45.3 Å². The highest BCUT2D eigenvalue weighted by atomic mass is 16.5. The predicted molar refractivity (Wildman–Crippen MR) is 278 cm³/mol. The topological polar surface area (TPSA) is 404 Å². The van der Waals surface area contributed by atoms with Crippen molar-refractivity contribution in [2.24, 2.45) is 0 Å². The van der Waals surface area contributed by atoms with E-state index in [1.54, 1.807) is 59.7 Å². The van der Waals surface area contributed by atoms with Crippen molar-refractivity contribution in [3.63, 3.8) is 0 Å². The number of aliphatic carboxylic acids is 7. The Morgan fingerprint density at radius 1 is 0.439 bits per heavy atom. The Kier molecular flexibility index (Phi) is 33.7. The van der Waals surface area contributed by atoms with Gasteiger partial charge in [0.2, 0.25) is 11.8 Å². The number of benzene rings is 1. The van der Waals surface area contributed by atoms with Gasteiger partial charge in [-0.1, -0.05) is 30.3 Å². The van der Waals surface area contributed by atoms with Gasteiger partial charge in [-0.3, -0.25) is 48.8 Å². The van der Waals surface area contributed by atoms with Gasteiger partial charge in [-0.05, 0) is 57.3 Å². The molecule has 30 heteroatoms. The first kappa shape index (κ1) is 69.6. The van der Waals surface area contributed by atoms with Crippen molar-refractivity contribution in [2.75, 3.05) is 190 Å². The number of nitrogens with one attached hydrogen (secondary N) is 3. The molecule has 1 atom stereocenters. The summed E-state index contributed by atoms with van der Waals surface area (Å²) in [4.78, 5) is 136. The van der Waals surface area contributed by atoms with E-state index in [1.165, 1.54) is 9.80 Å². The lowest BCUT2D eigenvalue weighted by Crippen LogP contribution is -2.52. The van der Waals surface area contributed by atoms with Gasteiger partial charge in [0.15, 0.2) is 0 Å². The Hall–Kier alpha value is -6.64. The monoisotopic (exact) mass is 1160 g/mol. The van der Waals surface area contributed by atoms with E-state index in [1.807, 2.05) is 0 Å². The summed E-state index contributed by atoms with van der Waals surface area (Å²) in [5.74, 6) is -10.0. The van der Waals surface area contributed by atoms with Crippen molar-refractivity contribution in [2.45, 2.75) is 44.8 Å². The van der Waals surface area contributed by atoms with Crippen LogP contribution in [0.4, 0.5) is 4.79 Å². The zero-order valence-corrected chi connectivity index (χ0v) is 46.6. The number of carboxylic acid groups (broad SMARTS) is 7. The van der Waals surface area contributed by atoms with Crippen molar-refractivity contribution in [3.8, 4) is 0 Å². The highest BCUT2D eigenvalue weighted by Gasteiger charge is 2.23. The maximum absolute atomic E-state index is 13.4. The summed E-state index contributed by atoms with van der Waals surface area (Å²) in [5, 5.41) is 87.4. The average molecular weight is 1160 g/mol. The van der Waals surface area contributed by atoms with Gasteiger partial charge in [0.05, 0.1) is 48.9 Å². The standard InChI is InChI=1S/C52H86N12O18/c65-43(32-57-16-20-59(34-45(67)68)24-28-63(38-49(75)76)29-25-60(21-17-57)35-46(69)70)53-11-6-14-56(13-5-4-10-42(51(79)80)55-52(81)82-40-41-8-2-1-3-9-41)15-7-12-54-44(66)33-58-18-22-61(36-47(71)72)26-30-64(39-50(77)78)31-27-62(23-19-58)37-48(73)74/h1-3,8-9,42H,4-7,10-40H2,(H,53,65)(H,54,66)(H,55,81)(H,67,68)(H,69,70)(H,71,72)(H,73,74)(H,75,76)(H,77,78)(H,79,80)/p-6. The first-order valence-corrected chi connectivity index (χ1v) is 27.6. The summed E-state index contributed by atoms with van der Waals surface area (Å²) < 4.78 is 5.22. The average Bonchev–Trinajstić information content (AvgIpc) is 3.40. The van der Waals surface area contributed by atoms with Crippen LogP contribution in [0.5, 0.6) is 0 Å². The minimum Gasteiger partial charge on any atom is -0.549 e. The number of unbranched alkanes of at least 4 members (excludes halogenated alkanes) is 1. The molecule has 0 radical (unpaired) electrons. The Morgan fingerprint density at radius 3 is 1.02 bits per heavy atom. The maximum atomic E-state index is 13.4. The van der Waals surface area contributed by atoms with Crippen LogP contribution in [0.2, 0.25) is 0 Å². The minimum absolute atomic E-state index is 0.0497. The molecular weight excluding hydrogens is 1080 g/mol. The van der Waals surface area contributed by atoms with Crippen molar-refractivity contribution < 1.29 is 88.4 Å². The second-order valence-corrected chi connectivity index (χ2v) is 20.3. The highest BCUT2D eigenvalue weighted by molar-refractivity contribution is 5.80. The molecule has 0 aromatic heterocycles. The number of hydrogen-bond acceptors (Lipinski definition) is 26. The van der Waals surface area contributed by atoms with Gasteiger partial charge in [-0.2, -0.15) is 0 Å². The molecule has 2 aliphatic rings. The van der Waals surface area contributed by atoms with E-state index in [0.717, 1.165) is 5.56 Å². The number of nitrogens with zero attached hydrogens (tertiary/aromatic N) is 9. The molecule has 1 aromatic rings. The van der Waals surface area contributed by atoms with E-state index in [4.69, 9.17) is 4.74 Å². The molecule has 82 heavy (non-hydrogen) atoms. The van der Waals surface area contributed by atoms with Crippen molar-refractivity contribution in [1.82, 2.24) is 60.0 Å². The molecule has 1 aromatic carbocycles. The van der Waals surface area contributed by atoms with Crippen LogP contribution in [0.15, 0.2) is 30.3 Å². The summed E-state index contributed by atoms with van der Waals surface area (Å²) in [7, 11) is 0. The fraction of sp³-hybridized carbons (Fsp3) is 0.692. The minimum atomic E-state index is -1.35. The Balaban J connectivity index is 1.65. The second kappa shape index (κ2) is 39.7. The van der Waals surface area contributed by atoms with Crippen LogP contribution >= 0.6 is 0 Å². The molecule has 3 amide bonds. The third-order valence-electron chi connectivity index (χ3n) is 13.7. The lowest BCUT2D eigenvalue weighted by Gasteiger charge is -2.34. The highest BCUT2D eigenvalue weighted by Crippen LogP contribution is 2.08. The zero-order valence-electron chi connectivity index (χ0n) is 46.6. The second-order valence-electron chi connectivity index (χ2n) is 20.3. The van der Waals surface area contributed by atoms with Gasteiger partial charge < -0.3 is 90.1 Å². The van der Waals surface area contributed by atoms with E-state index in [-0.39, 0.29) is 156 Å². The molecular formula is C52H80N12O18-6. The van der Waals surface area contributed by atoms with E-state index in [2.05, 4.69) is 20.9 Å². The molecule has 2 aliphatic heterocycles. The first-order valence-electron chi connectivity index (χ1n) is 27.6. The molecule has 1 unspecified atom stereocenters. The third-order valence-corrected chi connectivity index (χ3v) is 13.7. The molecule has 0 bridgehead atoms. The summed E-state index contributed by atoms with van der Waals surface area (Å²) in [6.45, 7) is 1.56. The van der Waals surface area contributed by atoms with Gasteiger partial charge in [0, 0.05) is 157 Å². The molecule has 0 saturated carbocycles. The number of carbonyl (C=O) groups excluding carboxylic acids is 9. The number of ether oxygens (including phenoxy) is 1. The molecule has 30 nitrogen and oxygen atoms in total. The Morgan fingerprint density at radius 2 is 0.732 bits per heavy atom. The van der Waals surface area contributed by atoms with Crippen LogP contribution in [-0.2, 0) is 54.5 Å². The first-order chi connectivity index (χ1) is 39.1. The Labute approximate surface area is 477 Å². The SMILES string of the molecule is O=C([O-])CN1CCN(CC(=O)[O-])CCN(CC(=O)NCCCN(CCCCC(NC(=O)OCc2ccccc2)C(=O)O)CCCNC(=O)CN2CCN(CC(=O)[O-])CCN(CC(=O)[O-])CCN(CC(=O)[O-])CC2)CCN(CC(=O)[O-])CC1. The predicted octanol–water partition coefficient (Wildman–Crippen LogP) is -11.2. The summed E-state index contributed by atoms with van der Waals surface area (Å²) in [6, 6.07) is 7.65. The Bertz CT molecular complexity index is 2000. The fourth-order valence-electron chi connectivity index (χ4n) is 9.28. The lowest BCUT2D eigenvalue weighted by atomic mass is 10.1. The molecule has 2 saturated heterocycles. The molecule has 462 valence electrons. The molecule has 3 rings (SSSR count). The molecule has 2 fully saturated rings. The normalized spacial score (nSPS) is 17.4. The third kappa shape index (κ3) is 33.3. The van der Waals surface area contributed by atoms with Crippen LogP contribution in [-0.4, -0.2) is 305 Å². The molecule has 0 spiro atoms. The van der Waals surface area contributed by atoms with Gasteiger partial charge in [0.1, 0.15) is 12.6 Å². The van der Waals surface area contributed by atoms with Crippen LogP contribution < -0.4 is 46.6 Å². The van der Waals surface area contributed by atoms with Crippen LogP contribution in [0.25, 0.3) is 0 Å². The number of carbonyl (C=O) groups is 10. The lowest BCUT2D eigenvalue weighted by molar-refractivity contribution is -0.308. The molecule has 4 N–H and O–H groups in total. The smallest absolute Gasteiger partial charge is 0.408 e. The van der Waals surface area contributed by atoms with E-state index >= 15 is 0 Å². The quantitative estimate of drug-likeness (QED) is 0.0475.